The molecule has 5 nitrogen and oxygen atoms in total. The van der Waals surface area contributed by atoms with E-state index in [1.807, 2.05) is 25.0 Å². The Morgan fingerprint density at radius 2 is 2.16 bits per heavy atom. The maximum Gasteiger partial charge on any atom is 0.0857 e. The maximum atomic E-state index is 4.31. The Labute approximate surface area is 118 Å². The normalized spacial score (nSPS) is 13.7. The van der Waals surface area contributed by atoms with Crippen LogP contribution in [0.2, 0.25) is 0 Å². The average molecular weight is 279 g/mol. The predicted octanol–water partition coefficient (Wildman–Crippen LogP) is 2.07. The lowest BCUT2D eigenvalue weighted by atomic mass is 9.89. The highest BCUT2D eigenvalue weighted by Crippen LogP contribution is 2.31. The molecule has 0 aromatic carbocycles. The van der Waals surface area contributed by atoms with Gasteiger partial charge in [0, 0.05) is 24.7 Å². The van der Waals surface area contributed by atoms with Gasteiger partial charge in [-0.3, -0.25) is 4.68 Å². The number of nitrogens with zero attached hydrogens (tertiary/aromatic N) is 4. The van der Waals surface area contributed by atoms with Crippen LogP contribution in [0.1, 0.15) is 42.9 Å². The van der Waals surface area contributed by atoms with Crippen LogP contribution in [0.5, 0.6) is 0 Å². The number of hydrogen-bond donors (Lipinski definition) is 1. The van der Waals surface area contributed by atoms with Crippen molar-refractivity contribution in [1.29, 1.82) is 0 Å². The quantitative estimate of drug-likeness (QED) is 0.931. The second-order valence-corrected chi connectivity index (χ2v) is 6.59. The summed E-state index contributed by atoms with van der Waals surface area (Å²) in [5, 5.41) is 11.9. The fourth-order valence-electron chi connectivity index (χ4n) is 2.08. The van der Waals surface area contributed by atoms with Gasteiger partial charge in [-0.2, -0.15) is 5.10 Å². The second-order valence-electron chi connectivity index (χ2n) is 5.80. The molecule has 6 heteroatoms. The van der Waals surface area contributed by atoms with Gasteiger partial charge in [0.2, 0.25) is 0 Å². The largest absolute Gasteiger partial charge is 0.312 e. The van der Waals surface area contributed by atoms with E-state index < -0.39 is 0 Å². The highest BCUT2D eigenvalue weighted by molar-refractivity contribution is 7.05. The SMILES string of the molecule is CNC(Cc1cnn(C)c1)c1snnc1C(C)(C)C. The fourth-order valence-corrected chi connectivity index (χ4v) is 3.06. The lowest BCUT2D eigenvalue weighted by molar-refractivity contribution is 0.530. The van der Waals surface area contributed by atoms with E-state index in [1.54, 1.807) is 0 Å². The lowest BCUT2D eigenvalue weighted by Gasteiger charge is -2.21. The standard InChI is InChI=1S/C13H21N5S/c1-13(2,3)12-11(19-17-16-12)10(14-4)6-9-7-15-18(5)8-9/h7-8,10,14H,6H2,1-5H3. The molecule has 2 heterocycles. The van der Waals surface area contributed by atoms with Crippen LogP contribution in [0.3, 0.4) is 0 Å². The summed E-state index contributed by atoms with van der Waals surface area (Å²) in [6.45, 7) is 6.51. The molecule has 0 aliphatic carbocycles. The fraction of sp³-hybridized carbons (Fsp3) is 0.615. The van der Waals surface area contributed by atoms with E-state index in [2.05, 4.69) is 47.0 Å². The van der Waals surface area contributed by atoms with Crippen LogP contribution in [0, 0.1) is 0 Å². The Balaban J connectivity index is 2.25. The smallest absolute Gasteiger partial charge is 0.0857 e. The summed E-state index contributed by atoms with van der Waals surface area (Å²) < 4.78 is 5.97. The topological polar surface area (TPSA) is 55.6 Å². The summed E-state index contributed by atoms with van der Waals surface area (Å²) in [5.74, 6) is 0. The van der Waals surface area contributed by atoms with Crippen molar-refractivity contribution in [3.8, 4) is 0 Å². The minimum Gasteiger partial charge on any atom is -0.312 e. The molecule has 0 aliphatic heterocycles. The monoisotopic (exact) mass is 279 g/mol. The lowest BCUT2D eigenvalue weighted by Crippen LogP contribution is -2.23. The van der Waals surface area contributed by atoms with Gasteiger partial charge in [0.15, 0.2) is 0 Å². The highest BCUT2D eigenvalue weighted by atomic mass is 32.1. The molecular formula is C13H21N5S. The van der Waals surface area contributed by atoms with Gasteiger partial charge in [0.1, 0.15) is 0 Å². The number of rotatable bonds is 4. The van der Waals surface area contributed by atoms with Crippen LogP contribution >= 0.6 is 11.5 Å². The van der Waals surface area contributed by atoms with E-state index in [0.717, 1.165) is 12.1 Å². The van der Waals surface area contributed by atoms with Crippen molar-refractivity contribution in [2.24, 2.45) is 7.05 Å². The van der Waals surface area contributed by atoms with Gasteiger partial charge in [-0.1, -0.05) is 25.3 Å². The van der Waals surface area contributed by atoms with Crippen LogP contribution in [0.25, 0.3) is 0 Å². The average Bonchev–Trinajstić information content (AvgIpc) is 2.93. The van der Waals surface area contributed by atoms with Crippen molar-refractivity contribution in [2.75, 3.05) is 7.05 Å². The van der Waals surface area contributed by atoms with Gasteiger partial charge in [0.25, 0.3) is 0 Å². The van der Waals surface area contributed by atoms with Gasteiger partial charge in [-0.25, -0.2) is 0 Å². The van der Waals surface area contributed by atoms with Gasteiger partial charge in [0.05, 0.1) is 16.8 Å². The zero-order chi connectivity index (χ0) is 14.0. The molecule has 0 amide bonds. The van der Waals surface area contributed by atoms with Crippen molar-refractivity contribution >= 4 is 11.5 Å². The molecule has 2 rings (SSSR count). The summed E-state index contributed by atoms with van der Waals surface area (Å²) in [5.41, 5.74) is 2.32. The van der Waals surface area contributed by atoms with E-state index in [0.29, 0.717) is 0 Å². The maximum absolute atomic E-state index is 4.31. The first kappa shape index (κ1) is 14.1. The van der Waals surface area contributed by atoms with E-state index >= 15 is 0 Å². The molecule has 2 aromatic heterocycles. The molecule has 2 aromatic rings. The number of likely N-dealkylation sites (N-methyl/N-ethyl adjacent to an activating group) is 1. The van der Waals surface area contributed by atoms with Crippen molar-refractivity contribution in [1.82, 2.24) is 24.7 Å². The Morgan fingerprint density at radius 1 is 1.42 bits per heavy atom. The number of hydrogen-bond acceptors (Lipinski definition) is 5. The number of aryl methyl sites for hydroxylation is 1. The van der Waals surface area contributed by atoms with Gasteiger partial charge < -0.3 is 5.32 Å². The minimum atomic E-state index is 0.0202. The molecule has 1 N–H and O–H groups in total. The third kappa shape index (κ3) is 3.19. The molecule has 0 fully saturated rings. The molecule has 19 heavy (non-hydrogen) atoms. The second kappa shape index (κ2) is 5.38. The van der Waals surface area contributed by atoms with Crippen LogP contribution in [0.4, 0.5) is 0 Å². The third-order valence-electron chi connectivity index (χ3n) is 3.09. The summed E-state index contributed by atoms with van der Waals surface area (Å²) in [7, 11) is 3.92. The van der Waals surface area contributed by atoms with Crippen molar-refractivity contribution < 1.29 is 0 Å². The van der Waals surface area contributed by atoms with Gasteiger partial charge in [-0.15, -0.1) is 5.10 Å². The zero-order valence-electron chi connectivity index (χ0n) is 12.1. The number of aromatic nitrogens is 4. The first-order valence-corrected chi connectivity index (χ1v) is 7.16. The van der Waals surface area contributed by atoms with Crippen LogP contribution in [0.15, 0.2) is 12.4 Å². The third-order valence-corrected chi connectivity index (χ3v) is 3.92. The minimum absolute atomic E-state index is 0.0202. The molecule has 0 saturated carbocycles. The van der Waals surface area contributed by atoms with E-state index in [4.69, 9.17) is 0 Å². The Bertz CT molecular complexity index is 537. The predicted molar refractivity (Wildman–Crippen MR) is 77.3 cm³/mol. The van der Waals surface area contributed by atoms with Gasteiger partial charge in [-0.05, 0) is 30.6 Å². The molecule has 0 saturated heterocycles. The highest BCUT2D eigenvalue weighted by Gasteiger charge is 2.26. The Kier molecular flexibility index (Phi) is 4.01. The summed E-state index contributed by atoms with van der Waals surface area (Å²) >= 11 is 1.48. The van der Waals surface area contributed by atoms with Crippen molar-refractivity contribution in [3.63, 3.8) is 0 Å². The zero-order valence-corrected chi connectivity index (χ0v) is 13.0. The summed E-state index contributed by atoms with van der Waals surface area (Å²) in [6, 6.07) is 0.235. The first-order valence-electron chi connectivity index (χ1n) is 6.39. The van der Waals surface area contributed by atoms with Crippen molar-refractivity contribution in [2.45, 2.75) is 38.6 Å². The van der Waals surface area contributed by atoms with Crippen LogP contribution in [-0.4, -0.2) is 26.4 Å². The molecule has 0 aliphatic rings. The Morgan fingerprint density at radius 3 is 2.68 bits per heavy atom. The molecule has 0 bridgehead atoms. The summed E-state index contributed by atoms with van der Waals surface area (Å²) in [6.07, 6.45) is 4.86. The Hall–Kier alpha value is -1.27. The van der Waals surface area contributed by atoms with E-state index in [1.165, 1.54) is 22.0 Å². The molecule has 1 unspecified atom stereocenters. The molecule has 0 spiro atoms. The van der Waals surface area contributed by atoms with E-state index in [9.17, 15) is 0 Å². The van der Waals surface area contributed by atoms with Crippen LogP contribution in [-0.2, 0) is 18.9 Å². The van der Waals surface area contributed by atoms with Crippen LogP contribution < -0.4 is 5.32 Å². The van der Waals surface area contributed by atoms with E-state index in [-0.39, 0.29) is 11.5 Å². The molecule has 1 atom stereocenters. The molecular weight excluding hydrogens is 258 g/mol. The van der Waals surface area contributed by atoms with Gasteiger partial charge >= 0.3 is 0 Å². The summed E-state index contributed by atoms with van der Waals surface area (Å²) in [4.78, 5) is 1.22. The van der Waals surface area contributed by atoms with Crippen molar-refractivity contribution in [3.05, 3.63) is 28.5 Å². The molecule has 104 valence electrons. The first-order chi connectivity index (χ1) is 8.91. The molecule has 0 radical (unpaired) electrons. The number of nitrogens with one attached hydrogen (secondary N) is 1.